The Morgan fingerprint density at radius 1 is 1.00 bits per heavy atom. The molecule has 0 aliphatic carbocycles. The molecule has 150 valence electrons. The Hall–Kier alpha value is -4.00. The van der Waals surface area contributed by atoms with Gasteiger partial charge in [0.05, 0.1) is 0 Å². The summed E-state index contributed by atoms with van der Waals surface area (Å²) in [7, 11) is 4.00. The van der Waals surface area contributed by atoms with Crippen LogP contribution in [0.15, 0.2) is 79.1 Å². The zero-order valence-electron chi connectivity index (χ0n) is 16.9. The molecule has 0 fully saturated rings. The molecule has 0 saturated carbocycles. The van der Waals surface area contributed by atoms with Gasteiger partial charge >= 0.3 is 0 Å². The maximum Gasteiger partial charge on any atom is 0.281 e. The van der Waals surface area contributed by atoms with Crippen LogP contribution in [-0.4, -0.2) is 39.8 Å². The molecule has 0 unspecified atom stereocenters. The first-order chi connectivity index (χ1) is 14.6. The van der Waals surface area contributed by atoms with Gasteiger partial charge in [-0.3, -0.25) is 9.78 Å². The number of hydrogen-bond donors (Lipinski definition) is 1. The summed E-state index contributed by atoms with van der Waals surface area (Å²) in [4.78, 5) is 23.9. The first-order valence-corrected chi connectivity index (χ1v) is 9.60. The molecule has 2 aromatic heterocycles. The number of para-hydroxylation sites is 1. The number of aromatic nitrogens is 4. The third-order valence-corrected chi connectivity index (χ3v) is 4.65. The summed E-state index contributed by atoms with van der Waals surface area (Å²) in [6, 6.07) is 20.8. The van der Waals surface area contributed by atoms with Crippen LogP contribution in [-0.2, 0) is 6.54 Å². The normalized spacial score (nSPS) is 10.6. The third kappa shape index (κ3) is 4.05. The Bertz CT molecular complexity index is 1140. The van der Waals surface area contributed by atoms with Crippen molar-refractivity contribution in [2.75, 3.05) is 24.3 Å². The highest BCUT2D eigenvalue weighted by molar-refractivity contribution is 5.97. The highest BCUT2D eigenvalue weighted by Crippen LogP contribution is 2.21. The standard InChI is InChI=1S/C23H22N6O/c1-28(2)20-13-7-6-11-18(20)16-25-23-26-21(19-12-8-14-24-15-19)27-29(23)22(30)17-9-4-3-5-10-17/h3-15H,16H2,1-2H3,(H,25,26,27). The summed E-state index contributed by atoms with van der Waals surface area (Å²) < 4.78 is 1.32. The van der Waals surface area contributed by atoms with Gasteiger partial charge in [0.1, 0.15) is 0 Å². The van der Waals surface area contributed by atoms with Crippen molar-refractivity contribution in [1.29, 1.82) is 0 Å². The highest BCUT2D eigenvalue weighted by atomic mass is 16.2. The number of pyridine rings is 1. The zero-order valence-corrected chi connectivity index (χ0v) is 16.9. The van der Waals surface area contributed by atoms with Gasteiger partial charge in [0.15, 0.2) is 5.82 Å². The van der Waals surface area contributed by atoms with Crippen LogP contribution in [0.25, 0.3) is 11.4 Å². The molecule has 4 rings (SSSR count). The van der Waals surface area contributed by atoms with Crippen molar-refractivity contribution >= 4 is 17.5 Å². The SMILES string of the molecule is CN(C)c1ccccc1CNc1nc(-c2cccnc2)nn1C(=O)c1ccccc1. The first-order valence-electron chi connectivity index (χ1n) is 9.60. The zero-order chi connectivity index (χ0) is 20.9. The van der Waals surface area contributed by atoms with Crippen molar-refractivity contribution in [3.05, 3.63) is 90.3 Å². The van der Waals surface area contributed by atoms with Gasteiger partial charge in [-0.25, -0.2) is 0 Å². The minimum atomic E-state index is -0.248. The molecule has 0 bridgehead atoms. The number of carbonyl (C=O) groups is 1. The molecule has 0 aliphatic heterocycles. The fourth-order valence-electron chi connectivity index (χ4n) is 3.16. The van der Waals surface area contributed by atoms with E-state index in [0.29, 0.717) is 23.9 Å². The van der Waals surface area contributed by atoms with Gasteiger partial charge in [-0.15, -0.1) is 5.10 Å². The number of nitrogens with one attached hydrogen (secondary N) is 1. The van der Waals surface area contributed by atoms with Crippen LogP contribution < -0.4 is 10.2 Å². The number of benzene rings is 2. The van der Waals surface area contributed by atoms with E-state index in [9.17, 15) is 4.79 Å². The maximum atomic E-state index is 13.1. The van der Waals surface area contributed by atoms with E-state index in [1.165, 1.54) is 4.68 Å². The molecule has 0 spiro atoms. The van der Waals surface area contributed by atoms with E-state index >= 15 is 0 Å². The number of hydrogen-bond acceptors (Lipinski definition) is 6. The lowest BCUT2D eigenvalue weighted by atomic mass is 10.1. The van der Waals surface area contributed by atoms with Gasteiger partial charge in [0, 0.05) is 49.8 Å². The summed E-state index contributed by atoms with van der Waals surface area (Å²) in [5.41, 5.74) is 3.47. The Labute approximate surface area is 175 Å². The summed E-state index contributed by atoms with van der Waals surface area (Å²) >= 11 is 0. The summed E-state index contributed by atoms with van der Waals surface area (Å²) in [6.45, 7) is 0.502. The molecule has 0 aliphatic rings. The number of carbonyl (C=O) groups excluding carboxylic acids is 1. The molecule has 7 nitrogen and oxygen atoms in total. The number of nitrogens with zero attached hydrogens (tertiary/aromatic N) is 5. The van der Waals surface area contributed by atoms with Crippen molar-refractivity contribution in [1.82, 2.24) is 19.7 Å². The molecule has 7 heteroatoms. The minimum absolute atomic E-state index is 0.248. The molecule has 2 aromatic carbocycles. The van der Waals surface area contributed by atoms with Gasteiger partial charge in [0.2, 0.25) is 5.95 Å². The van der Waals surface area contributed by atoms with Gasteiger partial charge in [-0.1, -0.05) is 36.4 Å². The molecule has 0 amide bonds. The summed E-state index contributed by atoms with van der Waals surface area (Å²) in [6.07, 6.45) is 3.37. The van der Waals surface area contributed by atoms with Gasteiger partial charge in [0.25, 0.3) is 5.91 Å². The molecule has 1 N–H and O–H groups in total. The average molecular weight is 398 g/mol. The van der Waals surface area contributed by atoms with Crippen molar-refractivity contribution in [2.24, 2.45) is 0 Å². The fourth-order valence-corrected chi connectivity index (χ4v) is 3.16. The fraction of sp³-hybridized carbons (Fsp3) is 0.130. The second kappa shape index (κ2) is 8.57. The van der Waals surface area contributed by atoms with E-state index in [4.69, 9.17) is 0 Å². The van der Waals surface area contributed by atoms with Crippen molar-refractivity contribution in [3.8, 4) is 11.4 Å². The Morgan fingerprint density at radius 3 is 2.50 bits per heavy atom. The quantitative estimate of drug-likeness (QED) is 0.534. The van der Waals surface area contributed by atoms with E-state index in [2.05, 4.69) is 31.3 Å². The van der Waals surface area contributed by atoms with E-state index in [-0.39, 0.29) is 5.91 Å². The van der Waals surface area contributed by atoms with E-state index in [0.717, 1.165) is 16.8 Å². The molecule has 30 heavy (non-hydrogen) atoms. The van der Waals surface area contributed by atoms with Crippen LogP contribution in [0.1, 0.15) is 15.9 Å². The first kappa shape index (κ1) is 19.3. The lowest BCUT2D eigenvalue weighted by molar-refractivity contribution is 0.0947. The van der Waals surface area contributed by atoms with Crippen LogP contribution in [0.4, 0.5) is 11.6 Å². The predicted molar refractivity (Wildman–Crippen MR) is 118 cm³/mol. The third-order valence-electron chi connectivity index (χ3n) is 4.65. The van der Waals surface area contributed by atoms with E-state index < -0.39 is 0 Å². The smallest absolute Gasteiger partial charge is 0.281 e. The summed E-state index contributed by atoms with van der Waals surface area (Å²) in [5, 5.41) is 7.76. The van der Waals surface area contributed by atoms with Crippen LogP contribution in [0.3, 0.4) is 0 Å². The Kier molecular flexibility index (Phi) is 5.52. The van der Waals surface area contributed by atoms with Crippen LogP contribution in [0, 0.1) is 0 Å². The van der Waals surface area contributed by atoms with Crippen molar-refractivity contribution in [2.45, 2.75) is 6.54 Å². The van der Waals surface area contributed by atoms with Gasteiger partial charge in [-0.05, 0) is 35.9 Å². The van der Waals surface area contributed by atoms with Crippen molar-refractivity contribution in [3.63, 3.8) is 0 Å². The molecule has 4 aromatic rings. The molecular formula is C23H22N6O. The van der Waals surface area contributed by atoms with Gasteiger partial charge < -0.3 is 10.2 Å². The average Bonchev–Trinajstić information content (AvgIpc) is 3.23. The highest BCUT2D eigenvalue weighted by Gasteiger charge is 2.19. The molecule has 2 heterocycles. The second-order valence-corrected chi connectivity index (χ2v) is 6.96. The lowest BCUT2D eigenvalue weighted by Crippen LogP contribution is -2.18. The molecule has 0 radical (unpaired) electrons. The Morgan fingerprint density at radius 2 is 1.77 bits per heavy atom. The van der Waals surface area contributed by atoms with Crippen LogP contribution in [0.2, 0.25) is 0 Å². The van der Waals surface area contributed by atoms with Gasteiger partial charge in [-0.2, -0.15) is 9.67 Å². The number of anilines is 2. The monoisotopic (exact) mass is 398 g/mol. The molecule has 0 saturated heterocycles. The van der Waals surface area contributed by atoms with Crippen molar-refractivity contribution < 1.29 is 4.79 Å². The number of rotatable bonds is 6. The van der Waals surface area contributed by atoms with Crippen LogP contribution >= 0.6 is 0 Å². The van der Waals surface area contributed by atoms with E-state index in [1.807, 2.05) is 62.6 Å². The summed E-state index contributed by atoms with van der Waals surface area (Å²) in [5.74, 6) is 0.577. The topological polar surface area (TPSA) is 75.9 Å². The molecular weight excluding hydrogens is 376 g/mol. The second-order valence-electron chi connectivity index (χ2n) is 6.96. The lowest BCUT2D eigenvalue weighted by Gasteiger charge is -2.17. The largest absolute Gasteiger partial charge is 0.377 e. The predicted octanol–water partition coefficient (Wildman–Crippen LogP) is 3.71. The Balaban J connectivity index is 1.69. The molecule has 0 atom stereocenters. The van der Waals surface area contributed by atoms with Crippen LogP contribution in [0.5, 0.6) is 0 Å². The van der Waals surface area contributed by atoms with E-state index in [1.54, 1.807) is 24.5 Å². The minimum Gasteiger partial charge on any atom is -0.377 e. The maximum absolute atomic E-state index is 13.1.